The Labute approximate surface area is 112 Å². The van der Waals surface area contributed by atoms with E-state index in [4.69, 9.17) is 4.74 Å². The molecule has 100 valence electrons. The van der Waals surface area contributed by atoms with Crippen LogP contribution in [0.1, 0.15) is 19.3 Å². The van der Waals surface area contributed by atoms with E-state index >= 15 is 0 Å². The lowest BCUT2D eigenvalue weighted by Crippen LogP contribution is -2.30. The predicted octanol–water partition coefficient (Wildman–Crippen LogP) is 2.22. The van der Waals surface area contributed by atoms with Crippen LogP contribution in [0.25, 0.3) is 0 Å². The lowest BCUT2D eigenvalue weighted by Gasteiger charge is -2.20. The standard InChI is InChI=1S/C12H20N4OS/c1-13-10-7-11(16-12(15-10)18-3)14-8-5-4-6-9(8)17-2/h7-9H,4-6H2,1-3H3,(H2,13,14,15,16). The second-order valence-corrected chi connectivity index (χ2v) is 5.10. The summed E-state index contributed by atoms with van der Waals surface area (Å²) in [6.07, 6.45) is 5.72. The first-order valence-corrected chi connectivity index (χ1v) is 7.39. The normalized spacial score (nSPS) is 23.1. The highest BCUT2D eigenvalue weighted by molar-refractivity contribution is 7.98. The second-order valence-electron chi connectivity index (χ2n) is 4.33. The predicted molar refractivity (Wildman–Crippen MR) is 75.4 cm³/mol. The van der Waals surface area contributed by atoms with Crippen molar-refractivity contribution in [1.82, 2.24) is 9.97 Å². The molecule has 0 spiro atoms. The number of ether oxygens (including phenoxy) is 1. The van der Waals surface area contributed by atoms with Crippen LogP contribution >= 0.6 is 11.8 Å². The summed E-state index contributed by atoms with van der Waals surface area (Å²) in [4.78, 5) is 8.83. The van der Waals surface area contributed by atoms with Crippen LogP contribution in [0.3, 0.4) is 0 Å². The molecule has 0 aromatic carbocycles. The number of rotatable bonds is 5. The molecule has 0 bridgehead atoms. The Morgan fingerprint density at radius 1 is 1.33 bits per heavy atom. The Morgan fingerprint density at radius 2 is 2.11 bits per heavy atom. The van der Waals surface area contributed by atoms with E-state index in [-0.39, 0.29) is 6.10 Å². The largest absolute Gasteiger partial charge is 0.379 e. The molecular formula is C12H20N4OS. The molecule has 1 heterocycles. The van der Waals surface area contributed by atoms with Crippen molar-refractivity contribution in [2.24, 2.45) is 0 Å². The van der Waals surface area contributed by atoms with E-state index in [9.17, 15) is 0 Å². The van der Waals surface area contributed by atoms with Gasteiger partial charge in [-0.05, 0) is 25.5 Å². The summed E-state index contributed by atoms with van der Waals surface area (Å²) in [7, 11) is 3.64. The van der Waals surface area contributed by atoms with E-state index in [0.29, 0.717) is 6.04 Å². The number of hydrogen-bond donors (Lipinski definition) is 2. The number of methoxy groups -OCH3 is 1. The SMILES string of the molecule is CNc1cc(NC2CCCC2OC)nc(SC)n1. The van der Waals surface area contributed by atoms with Gasteiger partial charge in [0, 0.05) is 20.2 Å². The van der Waals surface area contributed by atoms with Gasteiger partial charge >= 0.3 is 0 Å². The van der Waals surface area contributed by atoms with Crippen LogP contribution in [-0.4, -0.2) is 42.5 Å². The average Bonchev–Trinajstić information content (AvgIpc) is 2.85. The number of hydrogen-bond acceptors (Lipinski definition) is 6. The van der Waals surface area contributed by atoms with E-state index in [0.717, 1.165) is 29.6 Å². The van der Waals surface area contributed by atoms with Crippen molar-refractivity contribution < 1.29 is 4.74 Å². The molecule has 18 heavy (non-hydrogen) atoms. The summed E-state index contributed by atoms with van der Waals surface area (Å²) >= 11 is 1.54. The van der Waals surface area contributed by atoms with Crippen molar-refractivity contribution in [1.29, 1.82) is 0 Å². The highest BCUT2D eigenvalue weighted by atomic mass is 32.2. The number of thioether (sulfide) groups is 1. The lowest BCUT2D eigenvalue weighted by atomic mass is 10.2. The molecule has 1 aliphatic carbocycles. The lowest BCUT2D eigenvalue weighted by molar-refractivity contribution is 0.101. The molecule has 1 aromatic heterocycles. The van der Waals surface area contributed by atoms with Crippen molar-refractivity contribution in [3.8, 4) is 0 Å². The zero-order valence-electron chi connectivity index (χ0n) is 11.1. The smallest absolute Gasteiger partial charge is 0.191 e. The fourth-order valence-electron chi connectivity index (χ4n) is 2.28. The summed E-state index contributed by atoms with van der Waals surface area (Å²) in [5.41, 5.74) is 0. The van der Waals surface area contributed by atoms with Crippen LogP contribution in [0.5, 0.6) is 0 Å². The van der Waals surface area contributed by atoms with E-state index < -0.39 is 0 Å². The van der Waals surface area contributed by atoms with Gasteiger partial charge in [-0.1, -0.05) is 11.8 Å². The third-order valence-corrected chi connectivity index (χ3v) is 3.78. The van der Waals surface area contributed by atoms with Crippen LogP contribution in [0.15, 0.2) is 11.2 Å². The monoisotopic (exact) mass is 268 g/mol. The number of nitrogens with one attached hydrogen (secondary N) is 2. The van der Waals surface area contributed by atoms with Crippen molar-refractivity contribution in [2.75, 3.05) is 31.0 Å². The molecule has 2 atom stereocenters. The number of anilines is 2. The summed E-state index contributed by atoms with van der Waals surface area (Å²) in [6, 6.07) is 2.29. The quantitative estimate of drug-likeness (QED) is 0.631. The van der Waals surface area contributed by atoms with Crippen molar-refractivity contribution >= 4 is 23.4 Å². The molecule has 2 unspecified atom stereocenters. The van der Waals surface area contributed by atoms with Crippen LogP contribution in [-0.2, 0) is 4.74 Å². The third-order valence-electron chi connectivity index (χ3n) is 3.23. The van der Waals surface area contributed by atoms with Gasteiger partial charge in [-0.15, -0.1) is 0 Å². The molecule has 1 fully saturated rings. The van der Waals surface area contributed by atoms with Gasteiger partial charge in [0.2, 0.25) is 0 Å². The zero-order valence-corrected chi connectivity index (χ0v) is 11.9. The first-order chi connectivity index (χ1) is 8.76. The summed E-state index contributed by atoms with van der Waals surface area (Å²) in [5.74, 6) is 1.71. The second kappa shape index (κ2) is 6.24. The van der Waals surface area contributed by atoms with Crippen LogP contribution in [0.4, 0.5) is 11.6 Å². The minimum absolute atomic E-state index is 0.288. The third kappa shape index (κ3) is 3.05. The fraction of sp³-hybridized carbons (Fsp3) is 0.667. The maximum atomic E-state index is 5.48. The molecule has 2 rings (SSSR count). The first-order valence-electron chi connectivity index (χ1n) is 6.17. The van der Waals surface area contributed by atoms with Gasteiger partial charge in [0.05, 0.1) is 12.1 Å². The van der Waals surface area contributed by atoms with Gasteiger partial charge in [-0.2, -0.15) is 0 Å². The fourth-order valence-corrected chi connectivity index (χ4v) is 2.66. The first kappa shape index (κ1) is 13.4. The van der Waals surface area contributed by atoms with Crippen LogP contribution in [0.2, 0.25) is 0 Å². The minimum atomic E-state index is 0.288. The number of nitrogens with zero attached hydrogens (tertiary/aromatic N) is 2. The topological polar surface area (TPSA) is 59.1 Å². The van der Waals surface area contributed by atoms with Gasteiger partial charge in [0.15, 0.2) is 5.16 Å². The van der Waals surface area contributed by atoms with Crippen molar-refractivity contribution in [2.45, 2.75) is 36.6 Å². The Hall–Kier alpha value is -1.01. The zero-order chi connectivity index (χ0) is 13.0. The average molecular weight is 268 g/mol. The Balaban J connectivity index is 2.12. The van der Waals surface area contributed by atoms with E-state index in [1.807, 2.05) is 19.4 Å². The maximum Gasteiger partial charge on any atom is 0.191 e. The Morgan fingerprint density at radius 3 is 2.78 bits per heavy atom. The molecule has 6 heteroatoms. The molecule has 1 aliphatic rings. The Kier molecular flexibility index (Phi) is 4.66. The summed E-state index contributed by atoms with van der Waals surface area (Å²) in [6.45, 7) is 0. The van der Waals surface area contributed by atoms with E-state index in [2.05, 4.69) is 20.6 Å². The molecule has 0 radical (unpaired) electrons. The molecule has 1 aromatic rings. The number of aromatic nitrogens is 2. The highest BCUT2D eigenvalue weighted by Gasteiger charge is 2.27. The van der Waals surface area contributed by atoms with Crippen molar-refractivity contribution in [3.63, 3.8) is 0 Å². The highest BCUT2D eigenvalue weighted by Crippen LogP contribution is 2.26. The van der Waals surface area contributed by atoms with E-state index in [1.165, 1.54) is 6.42 Å². The van der Waals surface area contributed by atoms with E-state index in [1.54, 1.807) is 18.9 Å². The molecule has 0 amide bonds. The van der Waals surface area contributed by atoms with Gasteiger partial charge in [-0.3, -0.25) is 0 Å². The van der Waals surface area contributed by atoms with Gasteiger partial charge < -0.3 is 15.4 Å². The maximum absolute atomic E-state index is 5.48. The van der Waals surface area contributed by atoms with Gasteiger partial charge in [0.1, 0.15) is 11.6 Å². The molecular weight excluding hydrogens is 248 g/mol. The molecule has 5 nitrogen and oxygen atoms in total. The molecule has 0 saturated heterocycles. The minimum Gasteiger partial charge on any atom is -0.379 e. The summed E-state index contributed by atoms with van der Waals surface area (Å²) < 4.78 is 5.48. The van der Waals surface area contributed by atoms with Gasteiger partial charge in [0.25, 0.3) is 0 Å². The summed E-state index contributed by atoms with van der Waals surface area (Å²) in [5, 5.41) is 7.29. The molecule has 0 aliphatic heterocycles. The molecule has 2 N–H and O–H groups in total. The molecule has 1 saturated carbocycles. The van der Waals surface area contributed by atoms with Crippen LogP contribution < -0.4 is 10.6 Å². The van der Waals surface area contributed by atoms with Crippen LogP contribution in [0, 0.1) is 0 Å². The van der Waals surface area contributed by atoms with Crippen molar-refractivity contribution in [3.05, 3.63) is 6.07 Å². The Bertz CT molecular complexity index is 379. The van der Waals surface area contributed by atoms with Gasteiger partial charge in [-0.25, -0.2) is 9.97 Å².